The van der Waals surface area contributed by atoms with Crippen LogP contribution in [0.2, 0.25) is 5.04 Å². The summed E-state index contributed by atoms with van der Waals surface area (Å²) >= 11 is 0. The summed E-state index contributed by atoms with van der Waals surface area (Å²) in [6.45, 7) is 12.0. The molecule has 0 saturated carbocycles. The standard InChI is InChI=1S/C48H66O7Si/c1-36-27-28-37(2)45(55-47(50)35-42-32-38(33-46(49)51-6)31-41(54-42)34-40-21-19-20-39(30-36)53-40)26-17-9-7-8-10-18-29-52-56(48(3,4)5,43-22-13-11-14-23-43)44-24-15-12-16-25-44/h7,9,11-17,22-28,33,36-37,39-42,45H,8,10,18-21,29-32,34-35H2,1-6H3/b9-7-,26-17+,28-27+,38-33-/t36-,37-,39+,40-,41+,42-,45-/m0/s1. The van der Waals surface area contributed by atoms with Crippen LogP contribution in [0.5, 0.6) is 0 Å². The fourth-order valence-electron chi connectivity index (χ4n) is 8.64. The maximum absolute atomic E-state index is 13.5. The molecular formula is C48H66O7Si. The minimum absolute atomic E-state index is 0.0209. The van der Waals surface area contributed by atoms with Gasteiger partial charge in [-0.1, -0.05) is 131 Å². The lowest BCUT2D eigenvalue weighted by molar-refractivity contribution is -0.154. The Hall–Kier alpha value is -3.56. The van der Waals surface area contributed by atoms with Gasteiger partial charge in [-0.2, -0.15) is 0 Å². The minimum Gasteiger partial charge on any atom is -0.466 e. The molecule has 5 rings (SSSR count). The van der Waals surface area contributed by atoms with Gasteiger partial charge < -0.3 is 23.4 Å². The van der Waals surface area contributed by atoms with E-state index in [-0.39, 0.29) is 53.7 Å². The first-order chi connectivity index (χ1) is 27.0. The molecule has 0 amide bonds. The third-order valence-electron chi connectivity index (χ3n) is 11.5. The Morgan fingerprint density at radius 1 is 0.821 bits per heavy atom. The van der Waals surface area contributed by atoms with Crippen molar-refractivity contribution in [2.24, 2.45) is 11.8 Å². The maximum atomic E-state index is 13.5. The van der Waals surface area contributed by atoms with Crippen LogP contribution in [0.4, 0.5) is 0 Å². The molecule has 2 saturated heterocycles. The Balaban J connectivity index is 1.21. The summed E-state index contributed by atoms with van der Waals surface area (Å²) in [7, 11) is -1.15. The third kappa shape index (κ3) is 12.5. The molecule has 7 nitrogen and oxygen atoms in total. The SMILES string of the molecule is COC(=O)/C=C1\C[C@H]2CC(=O)O[C@@H](/C=C/C=C\CCCCO[Si](c3ccccc3)(c3ccccc3)C(C)(C)C)[C@@H](C)/C=C/[C@H](C)C[C@H]3CCC[C@@H](C[C@@H](C1)O2)O3. The van der Waals surface area contributed by atoms with E-state index in [0.29, 0.717) is 25.4 Å². The summed E-state index contributed by atoms with van der Waals surface area (Å²) in [5, 5.41) is 2.57. The van der Waals surface area contributed by atoms with E-state index in [9.17, 15) is 9.59 Å². The number of carbonyl (C=O) groups excluding carboxylic acids is 2. The summed E-state index contributed by atoms with van der Waals surface area (Å²) < 4.78 is 31.2. The van der Waals surface area contributed by atoms with Crippen LogP contribution in [-0.2, 0) is 33.0 Å². The first-order valence-corrected chi connectivity index (χ1v) is 22.9. The third-order valence-corrected chi connectivity index (χ3v) is 16.5. The second-order valence-electron chi connectivity index (χ2n) is 17.1. The van der Waals surface area contributed by atoms with Crippen LogP contribution < -0.4 is 10.4 Å². The van der Waals surface area contributed by atoms with Gasteiger partial charge in [-0.15, -0.1) is 0 Å². The molecule has 3 aliphatic heterocycles. The molecule has 7 atom stereocenters. The van der Waals surface area contributed by atoms with Crippen molar-refractivity contribution in [2.45, 2.75) is 141 Å². The molecular weight excluding hydrogens is 717 g/mol. The number of esters is 2. The maximum Gasteiger partial charge on any atom is 0.330 e. The van der Waals surface area contributed by atoms with E-state index in [1.165, 1.54) is 17.5 Å². The number of hydrogen-bond donors (Lipinski definition) is 0. The molecule has 2 fully saturated rings. The highest BCUT2D eigenvalue weighted by molar-refractivity contribution is 6.99. The van der Waals surface area contributed by atoms with Gasteiger partial charge in [-0.05, 0) is 85.2 Å². The molecule has 0 spiro atoms. The average molecular weight is 783 g/mol. The molecule has 8 heteroatoms. The van der Waals surface area contributed by atoms with Crippen molar-refractivity contribution in [1.82, 2.24) is 0 Å². The van der Waals surface area contributed by atoms with Gasteiger partial charge in [0.2, 0.25) is 0 Å². The van der Waals surface area contributed by atoms with Gasteiger partial charge in [0.1, 0.15) is 6.10 Å². The molecule has 0 aromatic heterocycles. The van der Waals surface area contributed by atoms with E-state index < -0.39 is 14.4 Å². The van der Waals surface area contributed by atoms with Crippen molar-refractivity contribution in [3.8, 4) is 0 Å². The van der Waals surface area contributed by atoms with Crippen LogP contribution in [-0.4, -0.2) is 64.5 Å². The number of fused-ring (bicyclic) bond motifs is 4. The lowest BCUT2D eigenvalue weighted by atomic mass is 9.89. The van der Waals surface area contributed by atoms with E-state index >= 15 is 0 Å². The normalized spacial score (nSPS) is 28.3. The van der Waals surface area contributed by atoms with Crippen molar-refractivity contribution in [2.75, 3.05) is 13.7 Å². The van der Waals surface area contributed by atoms with Gasteiger partial charge in [0.15, 0.2) is 0 Å². The van der Waals surface area contributed by atoms with E-state index in [0.717, 1.165) is 56.9 Å². The Bertz CT molecular complexity index is 1600. The quantitative estimate of drug-likeness (QED) is 0.0562. The van der Waals surface area contributed by atoms with Gasteiger partial charge in [0.05, 0.1) is 37.9 Å². The van der Waals surface area contributed by atoms with Crippen molar-refractivity contribution in [3.05, 3.63) is 109 Å². The highest BCUT2D eigenvalue weighted by Crippen LogP contribution is 2.37. The number of allylic oxidation sites excluding steroid dienone is 4. The molecule has 56 heavy (non-hydrogen) atoms. The first-order valence-electron chi connectivity index (χ1n) is 21.0. The van der Waals surface area contributed by atoms with Crippen LogP contribution in [0.25, 0.3) is 0 Å². The lowest BCUT2D eigenvalue weighted by Gasteiger charge is -2.43. The van der Waals surface area contributed by atoms with Crippen molar-refractivity contribution in [3.63, 3.8) is 0 Å². The van der Waals surface area contributed by atoms with Crippen LogP contribution in [0.1, 0.15) is 105 Å². The zero-order valence-electron chi connectivity index (χ0n) is 34.7. The van der Waals surface area contributed by atoms with Crippen molar-refractivity contribution in [1.29, 1.82) is 0 Å². The number of benzene rings is 2. The van der Waals surface area contributed by atoms with Gasteiger partial charge >= 0.3 is 11.9 Å². The number of hydrogen-bond acceptors (Lipinski definition) is 7. The number of cyclic esters (lactones) is 1. The highest BCUT2D eigenvalue weighted by Gasteiger charge is 2.50. The topological polar surface area (TPSA) is 80.3 Å². The van der Waals surface area contributed by atoms with E-state index in [1.807, 2.05) is 12.2 Å². The number of methoxy groups -OCH3 is 1. The summed E-state index contributed by atoms with van der Waals surface area (Å²) in [6, 6.07) is 21.6. The molecule has 0 aliphatic carbocycles. The van der Waals surface area contributed by atoms with Crippen LogP contribution >= 0.6 is 0 Å². The molecule has 3 aliphatic rings. The predicted molar refractivity (Wildman–Crippen MR) is 227 cm³/mol. The monoisotopic (exact) mass is 782 g/mol. The molecule has 2 aromatic rings. The molecule has 304 valence electrons. The van der Waals surface area contributed by atoms with Crippen LogP contribution in [0.15, 0.2) is 109 Å². The van der Waals surface area contributed by atoms with Crippen molar-refractivity contribution < 1.29 is 33.0 Å². The second-order valence-corrected chi connectivity index (χ2v) is 21.4. The Morgan fingerprint density at radius 2 is 1.46 bits per heavy atom. The fraction of sp³-hybridized carbons (Fsp3) is 0.542. The fourth-order valence-corrected chi connectivity index (χ4v) is 13.2. The molecule has 0 radical (unpaired) electrons. The van der Waals surface area contributed by atoms with Gasteiger partial charge in [0.25, 0.3) is 8.32 Å². The zero-order chi connectivity index (χ0) is 40.0. The number of carbonyl (C=O) groups is 2. The van der Waals surface area contributed by atoms with Gasteiger partial charge in [-0.3, -0.25) is 4.79 Å². The predicted octanol–water partition coefficient (Wildman–Crippen LogP) is 9.35. The second kappa shape index (κ2) is 21.3. The van der Waals surface area contributed by atoms with Crippen LogP contribution in [0.3, 0.4) is 0 Å². The molecule has 0 N–H and O–H groups in total. The van der Waals surface area contributed by atoms with E-state index in [4.69, 9.17) is 23.4 Å². The Kier molecular flexibility index (Phi) is 16.5. The first kappa shape index (κ1) is 43.6. The van der Waals surface area contributed by atoms with Crippen LogP contribution in [0, 0.1) is 11.8 Å². The Morgan fingerprint density at radius 3 is 2.12 bits per heavy atom. The summed E-state index contributed by atoms with van der Waals surface area (Å²) in [5.74, 6) is -0.371. The lowest BCUT2D eigenvalue weighted by Crippen LogP contribution is -2.66. The number of ether oxygens (including phenoxy) is 4. The summed E-state index contributed by atoms with van der Waals surface area (Å²) in [5.41, 5.74) is 0.945. The average Bonchev–Trinajstić information content (AvgIpc) is 3.17. The largest absolute Gasteiger partial charge is 0.466 e. The molecule has 4 bridgehead atoms. The molecule has 0 unspecified atom stereocenters. The summed E-state index contributed by atoms with van der Waals surface area (Å²) in [6.07, 6.45) is 22.7. The number of rotatable bonds is 11. The molecule has 2 aromatic carbocycles. The van der Waals surface area contributed by atoms with E-state index in [2.05, 4.69) is 120 Å². The molecule has 3 heterocycles. The summed E-state index contributed by atoms with van der Waals surface area (Å²) in [4.78, 5) is 25.7. The highest BCUT2D eigenvalue weighted by atomic mass is 28.4. The van der Waals surface area contributed by atoms with Crippen molar-refractivity contribution >= 4 is 30.6 Å². The number of unbranched alkanes of at least 4 members (excludes halogenated alkanes) is 2. The van der Waals surface area contributed by atoms with E-state index in [1.54, 1.807) is 6.08 Å². The smallest absolute Gasteiger partial charge is 0.330 e. The van der Waals surface area contributed by atoms with Gasteiger partial charge in [-0.25, -0.2) is 4.79 Å². The van der Waals surface area contributed by atoms with Gasteiger partial charge in [0, 0.05) is 25.0 Å². The zero-order valence-corrected chi connectivity index (χ0v) is 35.7. The Labute approximate surface area is 337 Å². The minimum atomic E-state index is -2.53.